The van der Waals surface area contributed by atoms with Gasteiger partial charge >= 0.3 is 5.63 Å². The zero-order valence-corrected chi connectivity index (χ0v) is 14.4. The summed E-state index contributed by atoms with van der Waals surface area (Å²) in [5.41, 5.74) is -0.741. The predicted octanol–water partition coefficient (Wildman–Crippen LogP) is 2.33. The minimum absolute atomic E-state index is 0.0685. The molecule has 0 aliphatic carbocycles. The average molecular weight is 333 g/mol. The van der Waals surface area contributed by atoms with E-state index >= 15 is 0 Å². The molecule has 0 radical (unpaired) electrons. The molecule has 0 spiro atoms. The van der Waals surface area contributed by atoms with Gasteiger partial charge in [-0.2, -0.15) is 0 Å². The standard InChI is InChI=1S/C18H23NO5/c1-18(2,3)14(20)8-9-19-16(21)12-10-11-6-5-7-13(23-4)15(11)24-17(12)22/h5-7,10,14,20H,8-9H2,1-4H3,(H,19,21). The van der Waals surface area contributed by atoms with E-state index in [4.69, 9.17) is 9.15 Å². The second kappa shape index (κ2) is 7.05. The van der Waals surface area contributed by atoms with E-state index in [0.717, 1.165) is 0 Å². The molecule has 0 saturated heterocycles. The summed E-state index contributed by atoms with van der Waals surface area (Å²) in [6, 6.07) is 6.65. The van der Waals surface area contributed by atoms with Gasteiger partial charge in [-0.15, -0.1) is 0 Å². The highest BCUT2D eigenvalue weighted by atomic mass is 16.5. The molecule has 1 heterocycles. The molecule has 0 aliphatic rings. The van der Waals surface area contributed by atoms with Gasteiger partial charge in [0.05, 0.1) is 13.2 Å². The first-order valence-corrected chi connectivity index (χ1v) is 7.81. The van der Waals surface area contributed by atoms with Crippen LogP contribution in [0.3, 0.4) is 0 Å². The number of nitrogens with one attached hydrogen (secondary N) is 1. The molecule has 2 aromatic rings. The molecule has 0 fully saturated rings. The van der Waals surface area contributed by atoms with E-state index in [1.165, 1.54) is 13.2 Å². The molecule has 1 atom stereocenters. The minimum atomic E-state index is -0.721. The second-order valence-electron chi connectivity index (χ2n) is 6.75. The maximum absolute atomic E-state index is 12.2. The van der Waals surface area contributed by atoms with Crippen LogP contribution in [0.2, 0.25) is 0 Å². The minimum Gasteiger partial charge on any atom is -0.493 e. The van der Waals surface area contributed by atoms with Crippen molar-refractivity contribution in [1.82, 2.24) is 5.32 Å². The number of ether oxygens (including phenoxy) is 1. The van der Waals surface area contributed by atoms with Crippen LogP contribution in [-0.2, 0) is 0 Å². The van der Waals surface area contributed by atoms with Crippen molar-refractivity contribution in [2.24, 2.45) is 5.41 Å². The number of hydrogen-bond acceptors (Lipinski definition) is 5. The van der Waals surface area contributed by atoms with Gasteiger partial charge in [0.1, 0.15) is 5.56 Å². The van der Waals surface area contributed by atoms with Crippen LogP contribution in [0.4, 0.5) is 0 Å². The van der Waals surface area contributed by atoms with Gasteiger partial charge < -0.3 is 19.6 Å². The van der Waals surface area contributed by atoms with Crippen LogP contribution in [0, 0.1) is 5.41 Å². The van der Waals surface area contributed by atoms with Gasteiger partial charge in [0.2, 0.25) is 0 Å². The number of carbonyl (C=O) groups excluding carboxylic acids is 1. The highest BCUT2D eigenvalue weighted by Crippen LogP contribution is 2.24. The monoisotopic (exact) mass is 333 g/mol. The molecule has 1 unspecified atom stereocenters. The Bertz CT molecular complexity index is 788. The third-order valence-corrected chi connectivity index (χ3v) is 3.89. The molecule has 1 aromatic carbocycles. The zero-order chi connectivity index (χ0) is 17.9. The normalized spacial score (nSPS) is 12.9. The Balaban J connectivity index is 2.16. The van der Waals surface area contributed by atoms with Crippen molar-refractivity contribution in [2.45, 2.75) is 33.3 Å². The van der Waals surface area contributed by atoms with E-state index in [1.807, 2.05) is 20.8 Å². The van der Waals surface area contributed by atoms with Gasteiger partial charge in [0.15, 0.2) is 11.3 Å². The summed E-state index contributed by atoms with van der Waals surface area (Å²) in [6.07, 6.45) is -0.141. The summed E-state index contributed by atoms with van der Waals surface area (Å²) in [4.78, 5) is 24.3. The number of hydrogen-bond donors (Lipinski definition) is 2. The molecular formula is C18H23NO5. The van der Waals surface area contributed by atoms with Gasteiger partial charge in [0, 0.05) is 11.9 Å². The fourth-order valence-corrected chi connectivity index (χ4v) is 2.29. The Morgan fingerprint density at radius 3 is 2.71 bits per heavy atom. The van der Waals surface area contributed by atoms with E-state index in [1.54, 1.807) is 18.2 Å². The summed E-state index contributed by atoms with van der Waals surface area (Å²) in [5.74, 6) is -0.0839. The first-order valence-electron chi connectivity index (χ1n) is 7.81. The van der Waals surface area contributed by atoms with E-state index in [9.17, 15) is 14.7 Å². The smallest absolute Gasteiger partial charge is 0.349 e. The Kier molecular flexibility index (Phi) is 5.29. The number of para-hydroxylation sites is 1. The largest absolute Gasteiger partial charge is 0.493 e. The van der Waals surface area contributed by atoms with Crippen LogP contribution in [0.1, 0.15) is 37.6 Å². The molecule has 0 saturated carbocycles. The highest BCUT2D eigenvalue weighted by Gasteiger charge is 2.22. The summed E-state index contributed by atoms with van der Waals surface area (Å²) in [5, 5.41) is 13.2. The maximum Gasteiger partial charge on any atom is 0.349 e. The lowest BCUT2D eigenvalue weighted by Gasteiger charge is -2.25. The SMILES string of the molecule is COc1cccc2cc(C(=O)NCCC(O)C(C)(C)C)c(=O)oc12. The van der Waals surface area contributed by atoms with Crippen molar-refractivity contribution in [2.75, 3.05) is 13.7 Å². The Morgan fingerprint density at radius 1 is 1.38 bits per heavy atom. The van der Waals surface area contributed by atoms with Gasteiger partial charge in [-0.3, -0.25) is 4.79 Å². The van der Waals surface area contributed by atoms with Crippen molar-refractivity contribution in [3.8, 4) is 5.75 Å². The molecule has 6 heteroatoms. The van der Waals surface area contributed by atoms with Crippen molar-refractivity contribution >= 4 is 16.9 Å². The number of amides is 1. The van der Waals surface area contributed by atoms with Crippen molar-refractivity contribution in [3.63, 3.8) is 0 Å². The number of carbonyl (C=O) groups is 1. The number of rotatable bonds is 5. The number of methoxy groups -OCH3 is 1. The Morgan fingerprint density at radius 2 is 2.08 bits per heavy atom. The van der Waals surface area contributed by atoms with E-state index in [2.05, 4.69) is 5.32 Å². The van der Waals surface area contributed by atoms with Crippen LogP contribution >= 0.6 is 0 Å². The molecule has 1 aromatic heterocycles. The molecule has 0 bridgehead atoms. The van der Waals surface area contributed by atoms with E-state index < -0.39 is 17.6 Å². The van der Waals surface area contributed by atoms with Crippen LogP contribution in [-0.4, -0.2) is 30.8 Å². The Labute approximate surface area is 140 Å². The fourth-order valence-electron chi connectivity index (χ4n) is 2.29. The van der Waals surface area contributed by atoms with Crippen LogP contribution in [0.25, 0.3) is 11.0 Å². The van der Waals surface area contributed by atoms with E-state index in [0.29, 0.717) is 23.1 Å². The average Bonchev–Trinajstić information content (AvgIpc) is 2.52. The Hall–Kier alpha value is -2.34. The summed E-state index contributed by atoms with van der Waals surface area (Å²) < 4.78 is 10.4. The second-order valence-corrected chi connectivity index (χ2v) is 6.75. The third kappa shape index (κ3) is 3.94. The molecule has 1 amide bonds. The number of aliphatic hydroxyl groups is 1. The zero-order valence-electron chi connectivity index (χ0n) is 14.4. The molecule has 6 nitrogen and oxygen atoms in total. The molecule has 2 rings (SSSR count). The lowest BCUT2D eigenvalue weighted by Crippen LogP contribution is -2.34. The molecular weight excluding hydrogens is 310 g/mol. The first-order chi connectivity index (χ1) is 11.2. The van der Waals surface area contributed by atoms with Crippen molar-refractivity contribution < 1.29 is 19.1 Å². The number of benzene rings is 1. The maximum atomic E-state index is 12.2. The van der Waals surface area contributed by atoms with Gasteiger partial charge in [0.25, 0.3) is 5.91 Å². The highest BCUT2D eigenvalue weighted by molar-refractivity contribution is 5.97. The molecule has 130 valence electrons. The number of fused-ring (bicyclic) bond motifs is 1. The number of aliphatic hydroxyl groups excluding tert-OH is 1. The van der Waals surface area contributed by atoms with Crippen LogP contribution in [0.15, 0.2) is 33.5 Å². The fraction of sp³-hybridized carbons (Fsp3) is 0.444. The lowest BCUT2D eigenvalue weighted by atomic mass is 9.87. The van der Waals surface area contributed by atoms with Gasteiger partial charge in [-0.1, -0.05) is 32.9 Å². The molecule has 0 aliphatic heterocycles. The summed E-state index contributed by atoms with van der Waals surface area (Å²) in [7, 11) is 1.48. The van der Waals surface area contributed by atoms with Gasteiger partial charge in [-0.25, -0.2) is 4.79 Å². The molecule has 24 heavy (non-hydrogen) atoms. The van der Waals surface area contributed by atoms with Crippen molar-refractivity contribution in [1.29, 1.82) is 0 Å². The van der Waals surface area contributed by atoms with Crippen LogP contribution < -0.4 is 15.7 Å². The van der Waals surface area contributed by atoms with Crippen molar-refractivity contribution in [3.05, 3.63) is 40.2 Å². The van der Waals surface area contributed by atoms with Gasteiger partial charge in [-0.05, 0) is 24.0 Å². The lowest BCUT2D eigenvalue weighted by molar-refractivity contribution is 0.0551. The summed E-state index contributed by atoms with van der Waals surface area (Å²) in [6.45, 7) is 6.04. The quantitative estimate of drug-likeness (QED) is 0.820. The first kappa shape index (κ1) is 18.0. The topological polar surface area (TPSA) is 88.8 Å². The third-order valence-electron chi connectivity index (χ3n) is 3.89. The summed E-state index contributed by atoms with van der Waals surface area (Å²) >= 11 is 0. The molecule has 2 N–H and O–H groups in total. The van der Waals surface area contributed by atoms with E-state index in [-0.39, 0.29) is 17.5 Å². The van der Waals surface area contributed by atoms with Crippen LogP contribution in [0.5, 0.6) is 5.75 Å². The predicted molar refractivity (Wildman–Crippen MR) is 91.4 cm³/mol.